The molecule has 2 N–H and O–H groups in total. The van der Waals surface area contributed by atoms with Crippen LogP contribution in [0.3, 0.4) is 0 Å². The van der Waals surface area contributed by atoms with Crippen molar-refractivity contribution in [1.82, 2.24) is 9.88 Å². The SMILES string of the molecule is CC(C)(C)c1cc(=O)[nH]c2cc(NC(=O)CCCN3C(=O)c4ccccc4C3=O)ccc12. The van der Waals surface area contributed by atoms with Crippen LogP contribution in [0.15, 0.2) is 53.3 Å². The molecule has 4 rings (SSSR count). The molecule has 2 aromatic carbocycles. The highest BCUT2D eigenvalue weighted by atomic mass is 16.2. The van der Waals surface area contributed by atoms with Gasteiger partial charge in [0.1, 0.15) is 0 Å². The number of hydrogen-bond acceptors (Lipinski definition) is 4. The Hall–Kier alpha value is -3.74. The summed E-state index contributed by atoms with van der Waals surface area (Å²) in [5, 5.41) is 3.76. The van der Waals surface area contributed by atoms with E-state index in [1.54, 1.807) is 42.5 Å². The Labute approximate surface area is 185 Å². The Balaban J connectivity index is 1.40. The van der Waals surface area contributed by atoms with E-state index in [4.69, 9.17) is 0 Å². The summed E-state index contributed by atoms with van der Waals surface area (Å²) in [6, 6.07) is 13.8. The molecule has 0 saturated heterocycles. The number of nitrogens with one attached hydrogen (secondary N) is 2. The van der Waals surface area contributed by atoms with Crippen molar-refractivity contribution in [3.8, 4) is 0 Å². The molecule has 0 atom stereocenters. The first-order valence-corrected chi connectivity index (χ1v) is 10.6. The zero-order valence-electron chi connectivity index (χ0n) is 18.3. The van der Waals surface area contributed by atoms with Crippen molar-refractivity contribution in [2.75, 3.05) is 11.9 Å². The molecule has 0 fully saturated rings. The minimum Gasteiger partial charge on any atom is -0.326 e. The van der Waals surface area contributed by atoms with Crippen LogP contribution in [-0.2, 0) is 10.2 Å². The van der Waals surface area contributed by atoms with Crippen molar-refractivity contribution in [1.29, 1.82) is 0 Å². The van der Waals surface area contributed by atoms with Gasteiger partial charge in [0, 0.05) is 30.1 Å². The Morgan fingerprint density at radius 2 is 1.62 bits per heavy atom. The maximum atomic E-state index is 12.4. The lowest BCUT2D eigenvalue weighted by molar-refractivity contribution is -0.116. The summed E-state index contributed by atoms with van der Waals surface area (Å²) in [7, 11) is 0. The number of H-pyrrole nitrogens is 1. The molecule has 1 aromatic heterocycles. The number of carbonyl (C=O) groups is 3. The molecule has 3 amide bonds. The van der Waals surface area contributed by atoms with Crippen LogP contribution in [0, 0.1) is 0 Å². The van der Waals surface area contributed by atoms with Gasteiger partial charge in [-0.2, -0.15) is 0 Å². The zero-order chi connectivity index (χ0) is 23.0. The lowest BCUT2D eigenvalue weighted by atomic mass is 9.85. The maximum Gasteiger partial charge on any atom is 0.261 e. The minimum atomic E-state index is -0.320. The van der Waals surface area contributed by atoms with Gasteiger partial charge in [0.25, 0.3) is 11.8 Å². The number of nitrogens with zero attached hydrogens (tertiary/aromatic N) is 1. The van der Waals surface area contributed by atoms with Gasteiger partial charge in [-0.3, -0.25) is 24.1 Å². The van der Waals surface area contributed by atoms with Crippen LogP contribution in [0.4, 0.5) is 5.69 Å². The largest absolute Gasteiger partial charge is 0.326 e. The molecule has 0 bridgehead atoms. The molecule has 0 saturated carbocycles. The average Bonchev–Trinajstić information content (AvgIpc) is 2.97. The number of anilines is 1. The van der Waals surface area contributed by atoms with Crippen molar-refractivity contribution in [3.05, 3.63) is 75.6 Å². The van der Waals surface area contributed by atoms with Gasteiger partial charge in [-0.15, -0.1) is 0 Å². The number of rotatable bonds is 5. The van der Waals surface area contributed by atoms with Crippen LogP contribution in [0.5, 0.6) is 0 Å². The van der Waals surface area contributed by atoms with Gasteiger partial charge in [-0.05, 0) is 41.7 Å². The predicted molar refractivity (Wildman–Crippen MR) is 123 cm³/mol. The van der Waals surface area contributed by atoms with Crippen molar-refractivity contribution in [2.45, 2.75) is 39.0 Å². The molecule has 0 radical (unpaired) electrons. The Morgan fingerprint density at radius 1 is 0.969 bits per heavy atom. The summed E-state index contributed by atoms with van der Waals surface area (Å²) in [4.78, 5) is 53.3. The van der Waals surface area contributed by atoms with E-state index in [1.165, 1.54) is 4.90 Å². The standard InChI is InChI=1S/C25H25N3O4/c1-25(2,3)19-14-22(30)27-20-13-15(10-11-18(19)20)26-21(29)9-6-12-28-23(31)16-7-4-5-8-17(16)24(28)32/h4-5,7-8,10-11,13-14H,6,9,12H2,1-3H3,(H,26,29)(H,27,30). The number of benzene rings is 2. The summed E-state index contributed by atoms with van der Waals surface area (Å²) < 4.78 is 0. The number of amides is 3. The van der Waals surface area contributed by atoms with Crippen LogP contribution >= 0.6 is 0 Å². The highest BCUT2D eigenvalue weighted by molar-refractivity contribution is 6.21. The molecule has 0 aliphatic carbocycles. The van der Waals surface area contributed by atoms with Gasteiger partial charge < -0.3 is 10.3 Å². The van der Waals surface area contributed by atoms with Crippen LogP contribution in [-0.4, -0.2) is 34.2 Å². The first-order chi connectivity index (χ1) is 15.1. The molecule has 3 aromatic rings. The molecule has 0 spiro atoms. The van der Waals surface area contributed by atoms with Crippen LogP contribution in [0.1, 0.15) is 59.9 Å². The first kappa shape index (κ1) is 21.5. The van der Waals surface area contributed by atoms with E-state index in [1.807, 2.05) is 26.8 Å². The van der Waals surface area contributed by atoms with Gasteiger partial charge in [-0.25, -0.2) is 0 Å². The fourth-order valence-corrected chi connectivity index (χ4v) is 4.02. The third-order valence-electron chi connectivity index (χ3n) is 5.60. The van der Waals surface area contributed by atoms with Gasteiger partial charge in [0.05, 0.1) is 16.6 Å². The fourth-order valence-electron chi connectivity index (χ4n) is 4.02. The van der Waals surface area contributed by atoms with E-state index in [0.29, 0.717) is 28.8 Å². The van der Waals surface area contributed by atoms with Crippen LogP contribution < -0.4 is 10.9 Å². The summed E-state index contributed by atoms with van der Waals surface area (Å²) in [6.07, 6.45) is 0.514. The highest BCUT2D eigenvalue weighted by Crippen LogP contribution is 2.29. The van der Waals surface area contributed by atoms with Crippen molar-refractivity contribution in [2.24, 2.45) is 0 Å². The van der Waals surface area contributed by atoms with Gasteiger partial charge >= 0.3 is 0 Å². The number of carbonyl (C=O) groups excluding carboxylic acids is 3. The molecule has 7 heteroatoms. The normalized spacial score (nSPS) is 13.5. The number of pyridine rings is 1. The van der Waals surface area contributed by atoms with Crippen molar-refractivity contribution >= 4 is 34.3 Å². The van der Waals surface area contributed by atoms with Gasteiger partial charge in [0.2, 0.25) is 11.5 Å². The Kier molecular flexibility index (Phi) is 5.42. The molecule has 1 aliphatic heterocycles. The number of hydrogen-bond donors (Lipinski definition) is 2. The predicted octanol–water partition coefficient (Wildman–Crippen LogP) is 3.84. The number of fused-ring (bicyclic) bond motifs is 2. The van der Waals surface area contributed by atoms with E-state index in [9.17, 15) is 19.2 Å². The van der Waals surface area contributed by atoms with E-state index >= 15 is 0 Å². The van der Waals surface area contributed by atoms with E-state index in [2.05, 4.69) is 10.3 Å². The summed E-state index contributed by atoms with van der Waals surface area (Å²) in [5.41, 5.74) is 2.60. The summed E-state index contributed by atoms with van der Waals surface area (Å²) in [6.45, 7) is 6.32. The molecule has 7 nitrogen and oxygen atoms in total. The second kappa shape index (κ2) is 8.07. The van der Waals surface area contributed by atoms with E-state index in [-0.39, 0.29) is 41.7 Å². The second-order valence-electron chi connectivity index (χ2n) is 9.02. The third-order valence-corrected chi connectivity index (χ3v) is 5.60. The second-order valence-corrected chi connectivity index (χ2v) is 9.02. The topological polar surface area (TPSA) is 99.3 Å². The smallest absolute Gasteiger partial charge is 0.261 e. The van der Waals surface area contributed by atoms with Gasteiger partial charge in [-0.1, -0.05) is 39.0 Å². The molecule has 2 heterocycles. The molecule has 1 aliphatic rings. The zero-order valence-corrected chi connectivity index (χ0v) is 18.3. The van der Waals surface area contributed by atoms with Crippen molar-refractivity contribution in [3.63, 3.8) is 0 Å². The molecule has 164 valence electrons. The molecular weight excluding hydrogens is 406 g/mol. The number of imide groups is 1. The number of aromatic nitrogens is 1. The lowest BCUT2D eigenvalue weighted by Gasteiger charge is -2.21. The fraction of sp³-hybridized carbons (Fsp3) is 0.280. The Bertz CT molecular complexity index is 1270. The Morgan fingerprint density at radius 3 is 2.25 bits per heavy atom. The van der Waals surface area contributed by atoms with Crippen LogP contribution in [0.2, 0.25) is 0 Å². The molecular formula is C25H25N3O4. The first-order valence-electron chi connectivity index (χ1n) is 10.6. The van der Waals surface area contributed by atoms with E-state index < -0.39 is 0 Å². The lowest BCUT2D eigenvalue weighted by Crippen LogP contribution is -2.31. The minimum absolute atomic E-state index is 0.157. The number of aromatic amines is 1. The van der Waals surface area contributed by atoms with Gasteiger partial charge in [0.15, 0.2) is 0 Å². The maximum absolute atomic E-state index is 12.4. The molecule has 32 heavy (non-hydrogen) atoms. The summed E-state index contributed by atoms with van der Waals surface area (Å²) in [5.74, 6) is -0.867. The third kappa shape index (κ3) is 4.06. The summed E-state index contributed by atoms with van der Waals surface area (Å²) >= 11 is 0. The highest BCUT2D eigenvalue weighted by Gasteiger charge is 2.34. The average molecular weight is 431 g/mol. The van der Waals surface area contributed by atoms with Crippen molar-refractivity contribution < 1.29 is 14.4 Å². The van der Waals surface area contributed by atoms with E-state index in [0.717, 1.165) is 10.9 Å². The molecule has 0 unspecified atom stereocenters. The quantitative estimate of drug-likeness (QED) is 0.600. The van der Waals surface area contributed by atoms with Crippen LogP contribution in [0.25, 0.3) is 10.9 Å². The monoisotopic (exact) mass is 431 g/mol.